The van der Waals surface area contributed by atoms with E-state index in [1.54, 1.807) is 29.2 Å². The standard InChI is InChI=1S/C23H21F2N3O2/c24-19-6-1-16(2-7-19)22(17-3-8-20(25)9-4-17)27-11-13-28(14-12-27)23(30)18-5-10-21(29)26-15-18/h1-10,15,22H,11-14H2,(H,26,29)/p+1. The summed E-state index contributed by atoms with van der Waals surface area (Å²) in [6.07, 6.45) is 1.43. The quantitative estimate of drug-likeness (QED) is 0.689. The molecule has 1 fully saturated rings. The molecule has 0 bridgehead atoms. The van der Waals surface area contributed by atoms with E-state index in [-0.39, 0.29) is 29.1 Å². The van der Waals surface area contributed by atoms with E-state index in [9.17, 15) is 18.4 Å². The molecule has 1 saturated heterocycles. The molecule has 5 nitrogen and oxygen atoms in total. The molecule has 0 saturated carbocycles. The van der Waals surface area contributed by atoms with Crippen LogP contribution < -0.4 is 10.5 Å². The molecule has 4 rings (SSSR count). The lowest BCUT2D eigenvalue weighted by molar-refractivity contribution is -0.929. The summed E-state index contributed by atoms with van der Waals surface area (Å²) in [4.78, 5) is 29.5. The number of halogens is 2. The average molecular weight is 410 g/mol. The molecule has 2 aromatic carbocycles. The van der Waals surface area contributed by atoms with Crippen molar-refractivity contribution in [2.45, 2.75) is 6.04 Å². The van der Waals surface area contributed by atoms with Gasteiger partial charge in [-0.3, -0.25) is 9.59 Å². The van der Waals surface area contributed by atoms with Gasteiger partial charge in [-0.15, -0.1) is 0 Å². The number of hydrogen-bond acceptors (Lipinski definition) is 2. The van der Waals surface area contributed by atoms with Crippen LogP contribution in [-0.2, 0) is 0 Å². The Hall–Kier alpha value is -3.32. The first kappa shape index (κ1) is 20.0. The van der Waals surface area contributed by atoms with Crippen molar-refractivity contribution >= 4 is 5.91 Å². The Morgan fingerprint density at radius 3 is 1.87 bits per heavy atom. The van der Waals surface area contributed by atoms with Gasteiger partial charge in [-0.1, -0.05) is 0 Å². The molecule has 0 atom stereocenters. The number of pyridine rings is 1. The molecule has 2 heterocycles. The predicted octanol–water partition coefficient (Wildman–Crippen LogP) is 1.78. The first-order valence-corrected chi connectivity index (χ1v) is 9.85. The Kier molecular flexibility index (Phi) is 5.72. The molecule has 1 aromatic heterocycles. The van der Waals surface area contributed by atoms with Gasteiger partial charge in [-0.25, -0.2) is 8.78 Å². The maximum atomic E-state index is 13.5. The fourth-order valence-corrected chi connectivity index (χ4v) is 3.99. The number of nitrogens with one attached hydrogen (secondary N) is 2. The number of quaternary nitrogens is 1. The van der Waals surface area contributed by atoms with Crippen LogP contribution in [0, 0.1) is 11.6 Å². The Balaban J connectivity index is 1.53. The Morgan fingerprint density at radius 2 is 1.40 bits per heavy atom. The van der Waals surface area contributed by atoms with Crippen LogP contribution in [0.3, 0.4) is 0 Å². The van der Waals surface area contributed by atoms with Crippen LogP contribution in [0.15, 0.2) is 71.7 Å². The number of piperazine rings is 1. The summed E-state index contributed by atoms with van der Waals surface area (Å²) in [5, 5.41) is 0. The number of aromatic nitrogens is 1. The second-order valence-electron chi connectivity index (χ2n) is 7.43. The summed E-state index contributed by atoms with van der Waals surface area (Å²) in [6, 6.07) is 15.5. The predicted molar refractivity (Wildman–Crippen MR) is 108 cm³/mol. The molecule has 2 N–H and O–H groups in total. The Morgan fingerprint density at radius 1 is 0.867 bits per heavy atom. The summed E-state index contributed by atoms with van der Waals surface area (Å²) in [7, 11) is 0. The van der Waals surface area contributed by atoms with Crippen molar-refractivity contribution in [3.05, 3.63) is 106 Å². The molecule has 154 valence electrons. The van der Waals surface area contributed by atoms with E-state index in [1.165, 1.54) is 47.5 Å². The number of benzene rings is 2. The number of carbonyl (C=O) groups excluding carboxylic acids is 1. The zero-order valence-electron chi connectivity index (χ0n) is 16.3. The van der Waals surface area contributed by atoms with E-state index in [2.05, 4.69) is 4.98 Å². The molecule has 0 radical (unpaired) electrons. The third-order valence-corrected chi connectivity index (χ3v) is 5.54. The van der Waals surface area contributed by atoms with Crippen LogP contribution in [0.1, 0.15) is 27.5 Å². The number of amides is 1. The highest BCUT2D eigenvalue weighted by Crippen LogP contribution is 2.21. The van der Waals surface area contributed by atoms with Gasteiger partial charge in [0.15, 0.2) is 0 Å². The van der Waals surface area contributed by atoms with Crippen molar-refractivity contribution in [3.8, 4) is 0 Å². The number of H-pyrrole nitrogens is 1. The molecule has 0 spiro atoms. The average Bonchev–Trinajstić information content (AvgIpc) is 2.77. The van der Waals surface area contributed by atoms with Gasteiger partial charge in [0.2, 0.25) is 5.56 Å². The zero-order valence-corrected chi connectivity index (χ0v) is 16.3. The van der Waals surface area contributed by atoms with E-state index < -0.39 is 0 Å². The van der Waals surface area contributed by atoms with Gasteiger partial charge in [-0.2, -0.15) is 0 Å². The number of hydrogen-bond donors (Lipinski definition) is 2. The second-order valence-corrected chi connectivity index (χ2v) is 7.43. The molecule has 0 unspecified atom stereocenters. The molecular formula is C23H22F2N3O2+. The van der Waals surface area contributed by atoms with E-state index in [1.807, 2.05) is 0 Å². The highest BCUT2D eigenvalue weighted by atomic mass is 19.1. The smallest absolute Gasteiger partial charge is 0.255 e. The van der Waals surface area contributed by atoms with Gasteiger partial charge in [0.05, 0.1) is 31.7 Å². The van der Waals surface area contributed by atoms with Crippen molar-refractivity contribution in [1.29, 1.82) is 0 Å². The summed E-state index contributed by atoms with van der Waals surface area (Å²) in [5.74, 6) is -0.726. The number of rotatable bonds is 4. The first-order valence-electron chi connectivity index (χ1n) is 9.85. The van der Waals surface area contributed by atoms with Crippen LogP contribution in [0.4, 0.5) is 8.78 Å². The third kappa shape index (κ3) is 4.31. The van der Waals surface area contributed by atoms with E-state index in [4.69, 9.17) is 0 Å². The molecule has 30 heavy (non-hydrogen) atoms. The van der Waals surface area contributed by atoms with Gasteiger partial charge in [-0.05, 0) is 54.6 Å². The van der Waals surface area contributed by atoms with Gasteiger partial charge in [0, 0.05) is 23.4 Å². The first-order chi connectivity index (χ1) is 14.5. The van der Waals surface area contributed by atoms with Crippen LogP contribution in [0.25, 0.3) is 0 Å². The second kappa shape index (κ2) is 8.59. The van der Waals surface area contributed by atoms with E-state index >= 15 is 0 Å². The molecule has 3 aromatic rings. The largest absolute Gasteiger partial charge is 0.328 e. The molecule has 1 aliphatic heterocycles. The minimum atomic E-state index is -0.303. The van der Waals surface area contributed by atoms with Gasteiger partial charge in [0.1, 0.15) is 17.7 Å². The highest BCUT2D eigenvalue weighted by Gasteiger charge is 2.32. The lowest BCUT2D eigenvalue weighted by Crippen LogP contribution is -3.15. The van der Waals surface area contributed by atoms with Gasteiger partial charge < -0.3 is 14.8 Å². The normalized spacial score (nSPS) is 14.8. The lowest BCUT2D eigenvalue weighted by atomic mass is 9.96. The van der Waals surface area contributed by atoms with Crippen LogP contribution >= 0.6 is 0 Å². The third-order valence-electron chi connectivity index (χ3n) is 5.54. The van der Waals surface area contributed by atoms with E-state index in [0.717, 1.165) is 11.1 Å². The maximum absolute atomic E-state index is 13.5. The number of carbonyl (C=O) groups is 1. The number of nitrogens with zero attached hydrogens (tertiary/aromatic N) is 1. The van der Waals surface area contributed by atoms with Crippen molar-refractivity contribution < 1.29 is 18.5 Å². The van der Waals surface area contributed by atoms with Crippen LogP contribution in [0.5, 0.6) is 0 Å². The molecular weight excluding hydrogens is 388 g/mol. The van der Waals surface area contributed by atoms with Crippen molar-refractivity contribution in [1.82, 2.24) is 9.88 Å². The fourth-order valence-electron chi connectivity index (χ4n) is 3.99. The lowest BCUT2D eigenvalue weighted by Gasteiger charge is -2.37. The van der Waals surface area contributed by atoms with Crippen LogP contribution in [-0.4, -0.2) is 42.0 Å². The van der Waals surface area contributed by atoms with Crippen molar-refractivity contribution in [2.75, 3.05) is 26.2 Å². The Labute approximate surface area is 172 Å². The molecule has 1 aliphatic rings. The number of aromatic amines is 1. The zero-order chi connectivity index (χ0) is 21.1. The van der Waals surface area contributed by atoms with Crippen molar-refractivity contribution in [3.63, 3.8) is 0 Å². The summed E-state index contributed by atoms with van der Waals surface area (Å²) < 4.78 is 26.9. The summed E-state index contributed by atoms with van der Waals surface area (Å²) >= 11 is 0. The van der Waals surface area contributed by atoms with Crippen molar-refractivity contribution in [2.24, 2.45) is 0 Å². The molecule has 1 amide bonds. The maximum Gasteiger partial charge on any atom is 0.255 e. The highest BCUT2D eigenvalue weighted by molar-refractivity contribution is 5.93. The minimum Gasteiger partial charge on any atom is -0.328 e. The van der Waals surface area contributed by atoms with Crippen LogP contribution in [0.2, 0.25) is 0 Å². The monoisotopic (exact) mass is 410 g/mol. The SMILES string of the molecule is O=C(c1ccc(=O)[nH]c1)N1CC[NH+](C(c2ccc(F)cc2)c2ccc(F)cc2)CC1. The Bertz CT molecular complexity index is 1010. The molecule has 0 aliphatic carbocycles. The fraction of sp³-hybridized carbons (Fsp3) is 0.217. The van der Waals surface area contributed by atoms with E-state index in [0.29, 0.717) is 31.7 Å². The molecule has 7 heteroatoms. The summed E-state index contributed by atoms with van der Waals surface area (Å²) in [6.45, 7) is 2.47. The summed E-state index contributed by atoms with van der Waals surface area (Å²) in [5.41, 5.74) is 2.09. The topological polar surface area (TPSA) is 57.6 Å². The minimum absolute atomic E-state index is 0.0865. The van der Waals surface area contributed by atoms with Gasteiger partial charge >= 0.3 is 0 Å². The van der Waals surface area contributed by atoms with Gasteiger partial charge in [0.25, 0.3) is 5.91 Å².